The second-order valence-electron chi connectivity index (χ2n) is 6.64. The number of nitrogens with one attached hydrogen (secondary N) is 1. The van der Waals surface area contributed by atoms with E-state index in [0.29, 0.717) is 5.06 Å². The Balaban J connectivity index is 1.56. The molecule has 1 aromatic rings. The van der Waals surface area contributed by atoms with E-state index in [-0.39, 0.29) is 38.3 Å². The number of imidazole rings is 1. The van der Waals surface area contributed by atoms with Gasteiger partial charge in [0.2, 0.25) is 11.7 Å². The topological polar surface area (TPSA) is 177 Å². The first kappa shape index (κ1) is 21.7. The van der Waals surface area contributed by atoms with Gasteiger partial charge in [-0.15, -0.1) is 4.28 Å². The minimum Gasteiger partial charge on any atom is -0.463 e. The normalized spacial score (nSPS) is 20.9. The van der Waals surface area contributed by atoms with Crippen molar-refractivity contribution in [1.82, 2.24) is 24.8 Å². The monoisotopic (exact) mass is 445 g/mol. The summed E-state index contributed by atoms with van der Waals surface area (Å²) in [6.45, 7) is -0.543. The van der Waals surface area contributed by atoms with Crippen LogP contribution in [0.15, 0.2) is 12.4 Å². The molecular weight excluding hydrogens is 426 g/mol. The fourth-order valence-corrected chi connectivity index (χ4v) is 3.76. The molecule has 2 saturated heterocycles. The van der Waals surface area contributed by atoms with Gasteiger partial charge in [-0.1, -0.05) is 0 Å². The summed E-state index contributed by atoms with van der Waals surface area (Å²) in [5.74, 6) is -1.79. The Morgan fingerprint density at radius 1 is 1.33 bits per heavy atom. The van der Waals surface area contributed by atoms with Crippen LogP contribution in [0.25, 0.3) is 0 Å². The number of carbonyl (C=O) groups is 4. The van der Waals surface area contributed by atoms with Crippen molar-refractivity contribution >= 4 is 34.1 Å². The van der Waals surface area contributed by atoms with Crippen LogP contribution in [0.3, 0.4) is 0 Å². The highest BCUT2D eigenvalue weighted by Gasteiger charge is 2.49. The Labute approximate surface area is 170 Å². The maximum Gasteiger partial charge on any atom is 0.418 e. The number of nitrogens with zero attached hydrogens (tertiary/aromatic N) is 4. The number of piperidine rings is 1. The second kappa shape index (κ2) is 8.37. The molecule has 0 spiro atoms. The SMILES string of the molecule is COC(=O)c1nccn1CC(=O)CNC(=O)[C@@H]1CC[C@@H]2CN1C(=O)N2OS(=O)(=O)O. The average molecular weight is 445 g/mol. The molecule has 2 aliphatic rings. The second-order valence-corrected chi connectivity index (χ2v) is 7.64. The fourth-order valence-electron chi connectivity index (χ4n) is 3.37. The molecule has 2 bridgehead atoms. The van der Waals surface area contributed by atoms with Gasteiger partial charge in [-0.25, -0.2) is 14.6 Å². The van der Waals surface area contributed by atoms with Gasteiger partial charge in [-0.3, -0.25) is 14.1 Å². The largest absolute Gasteiger partial charge is 0.463 e. The molecule has 0 saturated carbocycles. The van der Waals surface area contributed by atoms with Gasteiger partial charge in [0.1, 0.15) is 6.04 Å². The van der Waals surface area contributed by atoms with Crippen LogP contribution in [-0.4, -0.2) is 88.5 Å². The van der Waals surface area contributed by atoms with Gasteiger partial charge in [0, 0.05) is 18.9 Å². The lowest BCUT2D eigenvalue weighted by atomic mass is 10.0. The molecule has 164 valence electrons. The molecule has 3 amide bonds. The highest BCUT2D eigenvalue weighted by Crippen LogP contribution is 2.30. The minimum atomic E-state index is -4.88. The first-order valence-corrected chi connectivity index (χ1v) is 10.1. The molecule has 3 heterocycles. The fraction of sp³-hybridized carbons (Fsp3) is 0.533. The van der Waals surface area contributed by atoms with Crippen molar-refractivity contribution in [3.05, 3.63) is 18.2 Å². The summed E-state index contributed by atoms with van der Waals surface area (Å²) in [6.07, 6.45) is 3.23. The number of hydrogen-bond acceptors (Lipinski definition) is 9. The number of carbonyl (C=O) groups excluding carboxylic acids is 4. The Morgan fingerprint density at radius 2 is 2.07 bits per heavy atom. The van der Waals surface area contributed by atoms with E-state index in [0.717, 1.165) is 4.90 Å². The third kappa shape index (κ3) is 4.58. The number of hydroxylamine groups is 2. The molecule has 0 radical (unpaired) electrons. The first-order valence-electron chi connectivity index (χ1n) is 8.76. The smallest absolute Gasteiger partial charge is 0.418 e. The zero-order valence-electron chi connectivity index (χ0n) is 15.8. The number of rotatable bonds is 8. The summed E-state index contributed by atoms with van der Waals surface area (Å²) < 4.78 is 40.7. The number of urea groups is 1. The molecule has 30 heavy (non-hydrogen) atoms. The molecule has 1 aromatic heterocycles. The third-order valence-electron chi connectivity index (χ3n) is 4.69. The quantitative estimate of drug-likeness (QED) is 0.348. The Kier molecular flexibility index (Phi) is 6.04. The average Bonchev–Trinajstić information content (AvgIpc) is 3.23. The number of aromatic nitrogens is 2. The lowest BCUT2D eigenvalue weighted by Gasteiger charge is -2.29. The van der Waals surface area contributed by atoms with E-state index in [9.17, 15) is 27.6 Å². The zero-order chi connectivity index (χ0) is 22.1. The van der Waals surface area contributed by atoms with Crippen molar-refractivity contribution in [1.29, 1.82) is 0 Å². The number of amides is 3. The van der Waals surface area contributed by atoms with Gasteiger partial charge < -0.3 is 19.5 Å². The summed E-state index contributed by atoms with van der Waals surface area (Å²) in [6, 6.07) is -2.42. The van der Waals surface area contributed by atoms with Crippen LogP contribution >= 0.6 is 0 Å². The third-order valence-corrected chi connectivity index (χ3v) is 5.04. The summed E-state index contributed by atoms with van der Waals surface area (Å²) in [5, 5.41) is 2.96. The van der Waals surface area contributed by atoms with E-state index in [1.165, 1.54) is 24.1 Å². The van der Waals surface area contributed by atoms with Crippen LogP contribution in [0.1, 0.15) is 23.5 Å². The van der Waals surface area contributed by atoms with E-state index in [1.54, 1.807) is 0 Å². The molecule has 0 unspecified atom stereocenters. The van der Waals surface area contributed by atoms with E-state index < -0.39 is 46.2 Å². The molecule has 2 fully saturated rings. The Morgan fingerprint density at radius 3 is 2.73 bits per heavy atom. The number of Topliss-reactive ketones (excluding diaryl/α,β-unsaturated/α-hetero) is 1. The van der Waals surface area contributed by atoms with Crippen LogP contribution in [0.5, 0.6) is 0 Å². The van der Waals surface area contributed by atoms with Gasteiger partial charge in [-0.2, -0.15) is 13.5 Å². The molecule has 0 aliphatic carbocycles. The van der Waals surface area contributed by atoms with Crippen LogP contribution in [0.4, 0.5) is 4.79 Å². The predicted octanol–water partition coefficient (Wildman–Crippen LogP) is -1.64. The van der Waals surface area contributed by atoms with E-state index >= 15 is 0 Å². The Hall–Kier alpha value is -3.04. The standard InChI is InChI=1S/C15H19N5O9S/c1-28-14(23)12-16-4-5-18(12)8-10(21)6-17-13(22)11-3-2-9-7-19(11)15(24)20(9)29-30(25,26)27/h4-5,9,11H,2-3,6-8H2,1H3,(H,17,22)(H,25,26,27)/t9-,11+/m1/s1. The lowest BCUT2D eigenvalue weighted by Crippen LogP contribution is -2.50. The molecular formula is C15H19N5O9S. The summed E-state index contributed by atoms with van der Waals surface area (Å²) >= 11 is 0. The predicted molar refractivity (Wildman–Crippen MR) is 95.0 cm³/mol. The number of methoxy groups -OCH3 is 1. The maximum absolute atomic E-state index is 12.5. The van der Waals surface area contributed by atoms with E-state index in [1.807, 2.05) is 0 Å². The van der Waals surface area contributed by atoms with Crippen LogP contribution in [0.2, 0.25) is 0 Å². The summed E-state index contributed by atoms with van der Waals surface area (Å²) in [4.78, 5) is 53.5. The summed E-state index contributed by atoms with van der Waals surface area (Å²) in [7, 11) is -3.70. The van der Waals surface area contributed by atoms with E-state index in [2.05, 4.69) is 19.3 Å². The number of ketones is 1. The van der Waals surface area contributed by atoms with Crippen molar-refractivity contribution in [2.45, 2.75) is 31.5 Å². The number of fused-ring (bicyclic) bond motifs is 2. The van der Waals surface area contributed by atoms with Crippen molar-refractivity contribution in [2.75, 3.05) is 20.2 Å². The van der Waals surface area contributed by atoms with E-state index in [4.69, 9.17) is 4.55 Å². The van der Waals surface area contributed by atoms with Gasteiger partial charge in [0.05, 0.1) is 26.2 Å². The molecule has 3 rings (SSSR count). The molecule has 2 atom stereocenters. The van der Waals surface area contributed by atoms with Crippen molar-refractivity contribution in [3.8, 4) is 0 Å². The molecule has 0 aromatic carbocycles. The van der Waals surface area contributed by atoms with Crippen LogP contribution in [-0.2, 0) is 35.6 Å². The van der Waals surface area contributed by atoms with Crippen LogP contribution < -0.4 is 5.32 Å². The summed E-state index contributed by atoms with van der Waals surface area (Å²) in [5.41, 5.74) is 0. The number of hydrogen-bond donors (Lipinski definition) is 2. The van der Waals surface area contributed by atoms with Gasteiger partial charge in [-0.05, 0) is 12.8 Å². The Bertz CT molecular complexity index is 975. The molecule has 2 N–H and O–H groups in total. The molecule has 14 nitrogen and oxygen atoms in total. The number of ether oxygens (including phenoxy) is 1. The highest BCUT2D eigenvalue weighted by atomic mass is 32.3. The maximum atomic E-state index is 12.5. The van der Waals surface area contributed by atoms with Crippen molar-refractivity contribution in [2.24, 2.45) is 0 Å². The highest BCUT2D eigenvalue weighted by molar-refractivity contribution is 7.80. The molecule has 15 heteroatoms. The number of esters is 1. The zero-order valence-corrected chi connectivity index (χ0v) is 16.6. The molecule has 2 aliphatic heterocycles. The minimum absolute atomic E-state index is 0.0396. The van der Waals surface area contributed by atoms with Crippen molar-refractivity contribution in [3.63, 3.8) is 0 Å². The lowest BCUT2D eigenvalue weighted by molar-refractivity contribution is -0.128. The van der Waals surface area contributed by atoms with Gasteiger partial charge >= 0.3 is 22.4 Å². The van der Waals surface area contributed by atoms with Gasteiger partial charge in [0.25, 0.3) is 0 Å². The van der Waals surface area contributed by atoms with Crippen LogP contribution in [0, 0.1) is 0 Å². The first-order chi connectivity index (χ1) is 14.1. The van der Waals surface area contributed by atoms with Gasteiger partial charge in [0.15, 0.2) is 5.78 Å². The van der Waals surface area contributed by atoms with Crippen molar-refractivity contribution < 1.29 is 41.2 Å².